The third kappa shape index (κ3) is 4.55. The number of carbonyl (C=O) groups is 1. The van der Waals surface area contributed by atoms with Gasteiger partial charge in [0.05, 0.1) is 4.90 Å². The summed E-state index contributed by atoms with van der Waals surface area (Å²) in [4.78, 5) is 11.8. The summed E-state index contributed by atoms with van der Waals surface area (Å²) in [5.41, 5.74) is 4.02. The molecule has 0 saturated heterocycles. The summed E-state index contributed by atoms with van der Waals surface area (Å²) >= 11 is 0. The van der Waals surface area contributed by atoms with Crippen molar-refractivity contribution in [1.82, 2.24) is 5.32 Å². The summed E-state index contributed by atoms with van der Waals surface area (Å²) in [6.07, 6.45) is 2.34. The SMILES string of the molecule is CCC(=O)NCC1CCc2cc(NS(=O)(=O)c3ccc(C(C)C)cc3)ccc21. The van der Waals surface area contributed by atoms with Crippen LogP contribution < -0.4 is 10.0 Å². The first kappa shape index (κ1) is 20.4. The number of amides is 1. The number of carbonyl (C=O) groups excluding carboxylic acids is 1. The van der Waals surface area contributed by atoms with Crippen molar-refractivity contribution in [2.45, 2.75) is 56.8 Å². The number of sulfonamides is 1. The molecular weight excluding hydrogens is 372 g/mol. The number of benzene rings is 2. The molecule has 5 nitrogen and oxygen atoms in total. The van der Waals surface area contributed by atoms with Crippen LogP contribution in [-0.2, 0) is 21.2 Å². The van der Waals surface area contributed by atoms with E-state index < -0.39 is 10.0 Å². The van der Waals surface area contributed by atoms with Gasteiger partial charge >= 0.3 is 0 Å². The molecule has 0 fully saturated rings. The molecule has 0 heterocycles. The van der Waals surface area contributed by atoms with Crippen molar-refractivity contribution in [3.8, 4) is 0 Å². The molecule has 0 bridgehead atoms. The summed E-state index contributed by atoms with van der Waals surface area (Å²) in [5.74, 6) is 0.706. The molecular formula is C22H28N2O3S. The van der Waals surface area contributed by atoms with Crippen LogP contribution in [0.15, 0.2) is 47.4 Å². The molecule has 1 atom stereocenters. The predicted octanol–water partition coefficient (Wildman–Crippen LogP) is 4.17. The monoisotopic (exact) mass is 400 g/mol. The molecule has 1 unspecified atom stereocenters. The number of rotatable bonds is 7. The molecule has 3 rings (SSSR count). The van der Waals surface area contributed by atoms with Crippen LogP contribution in [0.5, 0.6) is 0 Å². The third-order valence-electron chi connectivity index (χ3n) is 5.32. The Bertz CT molecular complexity index is 950. The van der Waals surface area contributed by atoms with Crippen molar-refractivity contribution in [2.24, 2.45) is 0 Å². The van der Waals surface area contributed by atoms with Gasteiger partial charge in [0, 0.05) is 24.6 Å². The second-order valence-corrected chi connectivity index (χ2v) is 9.32. The number of aryl methyl sites for hydroxylation is 1. The van der Waals surface area contributed by atoms with Gasteiger partial charge in [-0.3, -0.25) is 9.52 Å². The Morgan fingerprint density at radius 1 is 1.14 bits per heavy atom. The zero-order valence-corrected chi connectivity index (χ0v) is 17.5. The van der Waals surface area contributed by atoms with Crippen molar-refractivity contribution < 1.29 is 13.2 Å². The largest absolute Gasteiger partial charge is 0.356 e. The number of hydrogen-bond acceptors (Lipinski definition) is 3. The molecule has 0 saturated carbocycles. The molecule has 28 heavy (non-hydrogen) atoms. The quantitative estimate of drug-likeness (QED) is 0.732. The molecule has 1 amide bonds. The lowest BCUT2D eigenvalue weighted by Gasteiger charge is -2.14. The maximum absolute atomic E-state index is 12.7. The summed E-state index contributed by atoms with van der Waals surface area (Å²) < 4.78 is 28.1. The van der Waals surface area contributed by atoms with Crippen LogP contribution in [-0.4, -0.2) is 20.9 Å². The second-order valence-electron chi connectivity index (χ2n) is 7.64. The maximum atomic E-state index is 12.7. The molecule has 0 radical (unpaired) electrons. The van der Waals surface area contributed by atoms with Crippen LogP contribution in [0.3, 0.4) is 0 Å². The van der Waals surface area contributed by atoms with E-state index in [0.29, 0.717) is 30.5 Å². The van der Waals surface area contributed by atoms with Crippen molar-refractivity contribution in [3.05, 3.63) is 59.2 Å². The Kier molecular flexibility index (Phi) is 6.08. The van der Waals surface area contributed by atoms with E-state index in [0.717, 1.165) is 24.0 Å². The third-order valence-corrected chi connectivity index (χ3v) is 6.72. The van der Waals surface area contributed by atoms with Crippen molar-refractivity contribution in [3.63, 3.8) is 0 Å². The zero-order valence-electron chi connectivity index (χ0n) is 16.7. The van der Waals surface area contributed by atoms with Crippen molar-refractivity contribution in [2.75, 3.05) is 11.3 Å². The number of anilines is 1. The molecule has 2 N–H and O–H groups in total. The Labute approximate surface area is 167 Å². The van der Waals surface area contributed by atoms with E-state index in [1.807, 2.05) is 31.2 Å². The first-order valence-electron chi connectivity index (χ1n) is 9.82. The predicted molar refractivity (Wildman–Crippen MR) is 112 cm³/mol. The lowest BCUT2D eigenvalue weighted by Crippen LogP contribution is -2.26. The highest BCUT2D eigenvalue weighted by molar-refractivity contribution is 7.92. The maximum Gasteiger partial charge on any atom is 0.261 e. The van der Waals surface area contributed by atoms with E-state index in [1.165, 1.54) is 5.56 Å². The average Bonchev–Trinajstić information content (AvgIpc) is 3.08. The Hall–Kier alpha value is -2.34. The van der Waals surface area contributed by atoms with Gasteiger partial charge in [0.1, 0.15) is 0 Å². The standard InChI is InChI=1S/C22H28N2O3S/c1-4-22(25)23-14-18-6-5-17-13-19(9-12-21(17)18)24-28(26,27)20-10-7-16(8-11-20)15(2)3/h7-13,15,18,24H,4-6,14H2,1-3H3,(H,23,25). The summed E-state index contributed by atoms with van der Waals surface area (Å²) in [7, 11) is -3.62. The fourth-order valence-electron chi connectivity index (χ4n) is 3.59. The number of nitrogens with one attached hydrogen (secondary N) is 2. The van der Waals surface area contributed by atoms with Gasteiger partial charge in [-0.2, -0.15) is 0 Å². The van der Waals surface area contributed by atoms with Crippen LogP contribution in [0, 0.1) is 0 Å². The molecule has 150 valence electrons. The lowest BCUT2D eigenvalue weighted by atomic mass is 10.0. The number of fused-ring (bicyclic) bond motifs is 1. The van der Waals surface area contributed by atoms with Gasteiger partial charge in [-0.15, -0.1) is 0 Å². The van der Waals surface area contributed by atoms with E-state index in [9.17, 15) is 13.2 Å². The minimum Gasteiger partial charge on any atom is -0.356 e. The first-order chi connectivity index (χ1) is 13.3. The van der Waals surface area contributed by atoms with Gasteiger partial charge in [-0.1, -0.05) is 39.0 Å². The van der Waals surface area contributed by atoms with Gasteiger partial charge in [-0.25, -0.2) is 8.42 Å². The van der Waals surface area contributed by atoms with Crippen LogP contribution in [0.1, 0.15) is 62.1 Å². The fourth-order valence-corrected chi connectivity index (χ4v) is 4.64. The molecule has 6 heteroatoms. The second kappa shape index (κ2) is 8.35. The van der Waals surface area contributed by atoms with Crippen LogP contribution in [0.25, 0.3) is 0 Å². The van der Waals surface area contributed by atoms with Gasteiger partial charge < -0.3 is 5.32 Å². The first-order valence-corrected chi connectivity index (χ1v) is 11.3. The zero-order chi connectivity index (χ0) is 20.3. The minimum absolute atomic E-state index is 0.0568. The highest BCUT2D eigenvalue weighted by atomic mass is 32.2. The van der Waals surface area contributed by atoms with E-state index in [2.05, 4.69) is 23.9 Å². The van der Waals surface area contributed by atoms with Gasteiger partial charge in [0.15, 0.2) is 0 Å². The van der Waals surface area contributed by atoms with E-state index in [4.69, 9.17) is 0 Å². The molecule has 0 aromatic heterocycles. The van der Waals surface area contributed by atoms with Crippen LogP contribution >= 0.6 is 0 Å². The molecule has 2 aromatic rings. The average molecular weight is 401 g/mol. The van der Waals surface area contributed by atoms with Crippen molar-refractivity contribution in [1.29, 1.82) is 0 Å². The highest BCUT2D eigenvalue weighted by Gasteiger charge is 2.24. The summed E-state index contributed by atoms with van der Waals surface area (Å²) in [6.45, 7) is 6.63. The molecule has 1 aliphatic rings. The van der Waals surface area contributed by atoms with Gasteiger partial charge in [0.25, 0.3) is 10.0 Å². The van der Waals surface area contributed by atoms with E-state index in [1.54, 1.807) is 18.2 Å². The Morgan fingerprint density at radius 2 is 1.86 bits per heavy atom. The molecule has 2 aromatic carbocycles. The Balaban J connectivity index is 1.72. The van der Waals surface area contributed by atoms with E-state index in [-0.39, 0.29) is 10.8 Å². The topological polar surface area (TPSA) is 75.3 Å². The van der Waals surface area contributed by atoms with Crippen LogP contribution in [0.4, 0.5) is 5.69 Å². The van der Waals surface area contributed by atoms with Gasteiger partial charge in [-0.05, 0) is 59.7 Å². The molecule has 0 aliphatic heterocycles. The normalized spacial score (nSPS) is 16.1. The summed E-state index contributed by atoms with van der Waals surface area (Å²) in [6, 6.07) is 12.7. The number of hydrogen-bond donors (Lipinski definition) is 2. The smallest absolute Gasteiger partial charge is 0.261 e. The molecule has 0 spiro atoms. The molecule has 1 aliphatic carbocycles. The minimum atomic E-state index is -3.62. The van der Waals surface area contributed by atoms with Crippen molar-refractivity contribution >= 4 is 21.6 Å². The Morgan fingerprint density at radius 3 is 2.50 bits per heavy atom. The van der Waals surface area contributed by atoms with E-state index >= 15 is 0 Å². The van der Waals surface area contributed by atoms with Crippen LogP contribution in [0.2, 0.25) is 0 Å². The fraction of sp³-hybridized carbons (Fsp3) is 0.409. The highest BCUT2D eigenvalue weighted by Crippen LogP contribution is 2.34. The lowest BCUT2D eigenvalue weighted by molar-refractivity contribution is -0.120. The summed E-state index contributed by atoms with van der Waals surface area (Å²) in [5, 5.41) is 2.95. The van der Waals surface area contributed by atoms with Gasteiger partial charge in [0.2, 0.25) is 5.91 Å².